The number of hydrogen-bond donors (Lipinski definition) is 0. The number of methoxy groups -OCH3 is 2. The molecule has 2 aromatic rings. The lowest BCUT2D eigenvalue weighted by Crippen LogP contribution is -2.28. The molecule has 5 nitrogen and oxygen atoms in total. The van der Waals surface area contributed by atoms with Crippen molar-refractivity contribution < 1.29 is 19.0 Å². The second-order valence-corrected chi connectivity index (χ2v) is 6.02. The Hall–Kier alpha value is -2.82. The average molecular weight is 325 g/mol. The number of pyridine rings is 1. The number of carbonyl (C=O) groups excluding carboxylic acids is 1. The van der Waals surface area contributed by atoms with E-state index in [1.165, 1.54) is 7.11 Å². The van der Waals surface area contributed by atoms with Crippen LogP contribution >= 0.6 is 0 Å². The predicted molar refractivity (Wildman–Crippen MR) is 91.0 cm³/mol. The maximum Gasteiger partial charge on any atom is 0.211 e. The maximum absolute atomic E-state index is 12.7. The number of ether oxygens (including phenoxy) is 3. The Balaban J connectivity index is 1.94. The number of hydrogen-bond acceptors (Lipinski definition) is 5. The monoisotopic (exact) mass is 325 g/mol. The van der Waals surface area contributed by atoms with Gasteiger partial charge in [-0.1, -0.05) is 0 Å². The minimum Gasteiger partial charge on any atom is -0.493 e. The molecule has 1 aromatic carbocycles. The van der Waals surface area contributed by atoms with Crippen LogP contribution in [0.25, 0.3) is 6.08 Å². The van der Waals surface area contributed by atoms with E-state index in [-0.39, 0.29) is 11.4 Å². The smallest absolute Gasteiger partial charge is 0.211 e. The topological polar surface area (TPSA) is 57.7 Å². The highest BCUT2D eigenvalue weighted by Gasteiger charge is 2.23. The number of benzene rings is 1. The molecule has 5 heteroatoms. The van der Waals surface area contributed by atoms with Crippen LogP contribution in [0.4, 0.5) is 0 Å². The van der Waals surface area contributed by atoms with Crippen molar-refractivity contribution in [1.82, 2.24) is 4.98 Å². The molecule has 0 aliphatic carbocycles. The Bertz CT molecular complexity index is 824. The van der Waals surface area contributed by atoms with Gasteiger partial charge >= 0.3 is 0 Å². The van der Waals surface area contributed by atoms with Crippen molar-refractivity contribution in [1.29, 1.82) is 0 Å². The summed E-state index contributed by atoms with van der Waals surface area (Å²) in [5.74, 6) is 1.57. The minimum atomic E-state index is -0.371. The lowest BCUT2D eigenvalue weighted by molar-refractivity contribution is 0.103. The van der Waals surface area contributed by atoms with E-state index in [2.05, 4.69) is 4.98 Å². The molecule has 0 fully saturated rings. The van der Waals surface area contributed by atoms with Crippen LogP contribution < -0.4 is 14.2 Å². The molecule has 0 unspecified atom stereocenters. The third-order valence-corrected chi connectivity index (χ3v) is 3.78. The Labute approximate surface area is 140 Å². The fraction of sp³-hybridized carbons (Fsp3) is 0.263. The van der Waals surface area contributed by atoms with Gasteiger partial charge in [-0.3, -0.25) is 4.79 Å². The van der Waals surface area contributed by atoms with Gasteiger partial charge in [0.1, 0.15) is 22.7 Å². The molecule has 124 valence electrons. The molecule has 0 atom stereocenters. The molecule has 2 heterocycles. The van der Waals surface area contributed by atoms with Gasteiger partial charge in [0, 0.05) is 5.56 Å². The molecule has 3 rings (SSSR count). The van der Waals surface area contributed by atoms with Crippen LogP contribution in [0.3, 0.4) is 0 Å². The van der Waals surface area contributed by atoms with Crippen molar-refractivity contribution in [2.45, 2.75) is 19.4 Å². The van der Waals surface area contributed by atoms with E-state index in [0.29, 0.717) is 34.2 Å². The number of fused-ring (bicyclic) bond motifs is 1. The SMILES string of the molecule is COc1ccc(C(=O)c2ccc3c(n2)C=CC(C)(C)O3)cc1OC. The van der Waals surface area contributed by atoms with Gasteiger partial charge in [0.15, 0.2) is 11.5 Å². The van der Waals surface area contributed by atoms with Gasteiger partial charge in [-0.2, -0.15) is 0 Å². The molecule has 1 aliphatic rings. The summed E-state index contributed by atoms with van der Waals surface area (Å²) in [6.07, 6.45) is 3.80. The third-order valence-electron chi connectivity index (χ3n) is 3.78. The van der Waals surface area contributed by atoms with Gasteiger partial charge in [-0.25, -0.2) is 4.98 Å². The molecule has 0 N–H and O–H groups in total. The van der Waals surface area contributed by atoms with Crippen LogP contribution in [0.5, 0.6) is 17.2 Å². The highest BCUT2D eigenvalue weighted by molar-refractivity contribution is 6.08. The van der Waals surface area contributed by atoms with E-state index in [9.17, 15) is 4.79 Å². The van der Waals surface area contributed by atoms with Crippen LogP contribution in [-0.2, 0) is 0 Å². The fourth-order valence-electron chi connectivity index (χ4n) is 2.52. The Morgan fingerprint density at radius 2 is 1.83 bits per heavy atom. The number of aromatic nitrogens is 1. The first-order valence-electron chi connectivity index (χ1n) is 7.59. The van der Waals surface area contributed by atoms with Crippen LogP contribution in [0.2, 0.25) is 0 Å². The van der Waals surface area contributed by atoms with Crippen LogP contribution in [0.15, 0.2) is 36.4 Å². The largest absolute Gasteiger partial charge is 0.493 e. The second kappa shape index (κ2) is 6.00. The Morgan fingerprint density at radius 3 is 2.54 bits per heavy atom. The summed E-state index contributed by atoms with van der Waals surface area (Å²) in [5, 5.41) is 0. The molecule has 0 saturated carbocycles. The molecule has 0 radical (unpaired) electrons. The minimum absolute atomic E-state index is 0.183. The van der Waals surface area contributed by atoms with E-state index in [1.54, 1.807) is 37.4 Å². The van der Waals surface area contributed by atoms with Gasteiger partial charge in [0.2, 0.25) is 5.78 Å². The lowest BCUT2D eigenvalue weighted by atomic mass is 10.0. The highest BCUT2D eigenvalue weighted by Crippen LogP contribution is 2.31. The zero-order valence-electron chi connectivity index (χ0n) is 14.1. The van der Waals surface area contributed by atoms with Crippen molar-refractivity contribution in [3.05, 3.63) is 53.4 Å². The van der Waals surface area contributed by atoms with Gasteiger partial charge in [-0.15, -0.1) is 0 Å². The van der Waals surface area contributed by atoms with E-state index < -0.39 is 0 Å². The predicted octanol–water partition coefficient (Wildman–Crippen LogP) is 3.51. The molecule has 0 saturated heterocycles. The molecular weight excluding hydrogens is 306 g/mol. The van der Waals surface area contributed by atoms with Crippen molar-refractivity contribution in [2.24, 2.45) is 0 Å². The summed E-state index contributed by atoms with van der Waals surface area (Å²) in [6, 6.07) is 8.50. The summed E-state index contributed by atoms with van der Waals surface area (Å²) in [5.41, 5.74) is 1.12. The first-order valence-corrected chi connectivity index (χ1v) is 7.59. The standard InChI is InChI=1S/C19H19NO4/c1-19(2)10-9-13-15(24-19)8-6-14(20-13)18(21)12-5-7-16(22-3)17(11-12)23-4/h5-11H,1-4H3. The average Bonchev–Trinajstić information content (AvgIpc) is 2.59. The van der Waals surface area contributed by atoms with E-state index in [4.69, 9.17) is 14.2 Å². The first-order chi connectivity index (χ1) is 11.4. The summed E-state index contributed by atoms with van der Waals surface area (Å²) in [4.78, 5) is 17.1. The van der Waals surface area contributed by atoms with Crippen LogP contribution in [-0.4, -0.2) is 30.6 Å². The summed E-state index contributed by atoms with van der Waals surface area (Å²) >= 11 is 0. The number of nitrogens with zero attached hydrogens (tertiary/aromatic N) is 1. The molecule has 0 amide bonds. The van der Waals surface area contributed by atoms with Crippen LogP contribution in [0.1, 0.15) is 35.6 Å². The van der Waals surface area contributed by atoms with E-state index >= 15 is 0 Å². The lowest BCUT2D eigenvalue weighted by Gasteiger charge is -2.27. The van der Waals surface area contributed by atoms with E-state index in [0.717, 1.165) is 0 Å². The molecular formula is C19H19NO4. The van der Waals surface area contributed by atoms with Crippen molar-refractivity contribution in [2.75, 3.05) is 14.2 Å². The summed E-state index contributed by atoms with van der Waals surface area (Å²) in [7, 11) is 3.09. The number of rotatable bonds is 4. The molecule has 1 aliphatic heterocycles. The highest BCUT2D eigenvalue weighted by atomic mass is 16.5. The quantitative estimate of drug-likeness (QED) is 0.805. The number of carbonyl (C=O) groups is 1. The summed E-state index contributed by atoms with van der Waals surface area (Å²) < 4.78 is 16.3. The van der Waals surface area contributed by atoms with Crippen molar-refractivity contribution in [3.8, 4) is 17.2 Å². The Morgan fingerprint density at radius 1 is 1.08 bits per heavy atom. The van der Waals surface area contributed by atoms with E-state index in [1.807, 2.05) is 26.0 Å². The summed E-state index contributed by atoms with van der Waals surface area (Å²) in [6.45, 7) is 3.93. The zero-order chi connectivity index (χ0) is 17.3. The Kier molecular flexibility index (Phi) is 4.01. The number of ketones is 1. The first kappa shape index (κ1) is 16.1. The zero-order valence-corrected chi connectivity index (χ0v) is 14.1. The van der Waals surface area contributed by atoms with Gasteiger partial charge in [0.25, 0.3) is 0 Å². The van der Waals surface area contributed by atoms with Crippen LogP contribution in [0, 0.1) is 0 Å². The van der Waals surface area contributed by atoms with Crippen molar-refractivity contribution >= 4 is 11.9 Å². The molecule has 24 heavy (non-hydrogen) atoms. The normalized spacial score (nSPS) is 14.5. The molecule has 1 aromatic heterocycles. The van der Waals surface area contributed by atoms with Gasteiger partial charge < -0.3 is 14.2 Å². The fourth-order valence-corrected chi connectivity index (χ4v) is 2.52. The third kappa shape index (κ3) is 2.97. The second-order valence-electron chi connectivity index (χ2n) is 6.02. The van der Waals surface area contributed by atoms with Crippen molar-refractivity contribution in [3.63, 3.8) is 0 Å². The molecule has 0 spiro atoms. The van der Waals surface area contributed by atoms with Gasteiger partial charge in [-0.05, 0) is 56.3 Å². The maximum atomic E-state index is 12.7. The molecule has 0 bridgehead atoms. The van der Waals surface area contributed by atoms with Gasteiger partial charge in [0.05, 0.1) is 14.2 Å².